The summed E-state index contributed by atoms with van der Waals surface area (Å²) in [5.41, 5.74) is 5.27. The van der Waals surface area contributed by atoms with Crippen LogP contribution in [0.3, 0.4) is 0 Å². The molecule has 0 bridgehead atoms. The smallest absolute Gasteiger partial charge is 0.307 e. The molecule has 128 valence electrons. The van der Waals surface area contributed by atoms with E-state index in [0.717, 1.165) is 11.3 Å². The highest BCUT2D eigenvalue weighted by Gasteiger charge is 2.00. The van der Waals surface area contributed by atoms with Crippen LogP contribution in [0.5, 0.6) is 0 Å². The fourth-order valence-electron chi connectivity index (χ4n) is 2.00. The summed E-state index contributed by atoms with van der Waals surface area (Å²) in [6, 6.07) is 19.7. The van der Waals surface area contributed by atoms with Crippen molar-refractivity contribution in [1.29, 1.82) is 0 Å². The number of amides is 2. The van der Waals surface area contributed by atoms with Crippen molar-refractivity contribution in [3.05, 3.63) is 84.7 Å². The molecule has 0 saturated carbocycles. The predicted octanol–water partition coefficient (Wildman–Crippen LogP) is 4.65. The third kappa shape index (κ3) is 5.34. The van der Waals surface area contributed by atoms with Crippen molar-refractivity contribution in [2.45, 2.75) is 0 Å². The summed E-state index contributed by atoms with van der Waals surface area (Å²) < 4.78 is 0. The molecule has 1 aromatic heterocycles. The Morgan fingerprint density at radius 2 is 1.62 bits per heavy atom. The molecule has 0 atom stereocenters. The van der Waals surface area contributed by atoms with Gasteiger partial charge < -0.3 is 5.32 Å². The molecule has 7 heteroatoms. The number of hydrogen-bond donors (Lipinski definition) is 2. The minimum Gasteiger partial charge on any atom is -0.307 e. The van der Waals surface area contributed by atoms with E-state index >= 15 is 0 Å². The van der Waals surface area contributed by atoms with Crippen LogP contribution >= 0.6 is 0 Å². The summed E-state index contributed by atoms with van der Waals surface area (Å²) in [6.45, 7) is 0. The molecular formula is C19H16N6O. The molecule has 2 aromatic carbocycles. The maximum Gasteiger partial charge on any atom is 0.339 e. The number of pyridine rings is 1. The fourth-order valence-corrected chi connectivity index (χ4v) is 2.00. The summed E-state index contributed by atoms with van der Waals surface area (Å²) in [5.74, 6) is 0. The van der Waals surface area contributed by atoms with Gasteiger partial charge in [-0.15, -0.1) is 0 Å². The van der Waals surface area contributed by atoms with Gasteiger partial charge in [0.2, 0.25) is 0 Å². The highest BCUT2D eigenvalue weighted by Crippen LogP contribution is 2.19. The van der Waals surface area contributed by atoms with Gasteiger partial charge in [-0.1, -0.05) is 24.3 Å². The van der Waals surface area contributed by atoms with Gasteiger partial charge in [0.1, 0.15) is 0 Å². The van der Waals surface area contributed by atoms with Crippen molar-refractivity contribution in [2.75, 3.05) is 5.32 Å². The zero-order valence-electron chi connectivity index (χ0n) is 13.8. The quantitative estimate of drug-likeness (QED) is 0.400. The first kappa shape index (κ1) is 17.0. The second kappa shape index (κ2) is 8.84. The van der Waals surface area contributed by atoms with E-state index in [2.05, 4.69) is 31.1 Å². The van der Waals surface area contributed by atoms with Crippen LogP contribution in [0.1, 0.15) is 5.56 Å². The number of urea groups is 1. The van der Waals surface area contributed by atoms with Gasteiger partial charge in [0, 0.05) is 23.6 Å². The first-order valence-electron chi connectivity index (χ1n) is 7.86. The normalized spacial score (nSPS) is 10.9. The van der Waals surface area contributed by atoms with Crippen LogP contribution in [0.15, 0.2) is 94.5 Å². The van der Waals surface area contributed by atoms with Crippen molar-refractivity contribution in [3.8, 4) is 0 Å². The summed E-state index contributed by atoms with van der Waals surface area (Å²) >= 11 is 0. The Morgan fingerprint density at radius 1 is 0.885 bits per heavy atom. The monoisotopic (exact) mass is 344 g/mol. The van der Waals surface area contributed by atoms with E-state index in [9.17, 15) is 4.79 Å². The molecule has 1 heterocycles. The number of nitrogens with zero attached hydrogens (tertiary/aromatic N) is 4. The van der Waals surface area contributed by atoms with Gasteiger partial charge in [-0.2, -0.15) is 15.3 Å². The van der Waals surface area contributed by atoms with Gasteiger partial charge in [-0.3, -0.25) is 4.98 Å². The number of benzene rings is 2. The Morgan fingerprint density at radius 3 is 2.31 bits per heavy atom. The van der Waals surface area contributed by atoms with E-state index in [4.69, 9.17) is 0 Å². The Labute approximate surface area is 150 Å². The SMILES string of the molecule is O=C(N/N=C/c1cccnc1)Nc1ccc(N=Nc2ccccc2)cc1. The maximum absolute atomic E-state index is 11.8. The first-order valence-corrected chi connectivity index (χ1v) is 7.86. The van der Waals surface area contributed by atoms with E-state index in [0.29, 0.717) is 11.4 Å². The van der Waals surface area contributed by atoms with Gasteiger partial charge in [0.05, 0.1) is 17.6 Å². The van der Waals surface area contributed by atoms with E-state index < -0.39 is 6.03 Å². The molecule has 0 fully saturated rings. The molecule has 0 radical (unpaired) electrons. The van der Waals surface area contributed by atoms with Gasteiger partial charge in [0.15, 0.2) is 0 Å². The van der Waals surface area contributed by atoms with Crippen LogP contribution in [0.4, 0.5) is 21.9 Å². The van der Waals surface area contributed by atoms with Crippen LogP contribution < -0.4 is 10.7 Å². The molecule has 0 spiro atoms. The predicted molar refractivity (Wildman–Crippen MR) is 101 cm³/mol. The van der Waals surface area contributed by atoms with Gasteiger partial charge in [-0.05, 0) is 42.5 Å². The van der Waals surface area contributed by atoms with Gasteiger partial charge in [0.25, 0.3) is 0 Å². The average molecular weight is 344 g/mol. The Bertz CT molecular complexity index is 892. The van der Waals surface area contributed by atoms with E-state index in [-0.39, 0.29) is 0 Å². The molecule has 0 aliphatic carbocycles. The number of hydrogen-bond acceptors (Lipinski definition) is 5. The van der Waals surface area contributed by atoms with E-state index in [1.54, 1.807) is 42.7 Å². The highest BCUT2D eigenvalue weighted by atomic mass is 16.2. The summed E-state index contributed by atoms with van der Waals surface area (Å²) in [6.07, 6.45) is 4.83. The number of carbonyl (C=O) groups excluding carboxylic acids is 1. The molecule has 3 rings (SSSR count). The number of nitrogens with one attached hydrogen (secondary N) is 2. The largest absolute Gasteiger partial charge is 0.339 e. The second-order valence-electron chi connectivity index (χ2n) is 5.19. The minimum absolute atomic E-state index is 0.441. The molecule has 3 aromatic rings. The van der Waals surface area contributed by atoms with Crippen LogP contribution in [0.25, 0.3) is 0 Å². The third-order valence-corrected chi connectivity index (χ3v) is 3.23. The van der Waals surface area contributed by atoms with Crippen molar-refractivity contribution < 1.29 is 4.79 Å². The fraction of sp³-hybridized carbons (Fsp3) is 0. The molecule has 0 unspecified atom stereocenters. The molecule has 2 amide bonds. The van der Waals surface area contributed by atoms with Crippen LogP contribution in [0, 0.1) is 0 Å². The number of hydrazone groups is 1. The lowest BCUT2D eigenvalue weighted by atomic mass is 10.3. The molecule has 0 saturated heterocycles. The number of aromatic nitrogens is 1. The number of anilines is 1. The molecular weight excluding hydrogens is 328 g/mol. The van der Waals surface area contributed by atoms with Crippen LogP contribution in [0.2, 0.25) is 0 Å². The summed E-state index contributed by atoms with van der Waals surface area (Å²) in [7, 11) is 0. The number of rotatable bonds is 5. The summed E-state index contributed by atoms with van der Waals surface area (Å²) in [5, 5.41) is 14.8. The zero-order chi connectivity index (χ0) is 18.0. The van der Waals surface area contributed by atoms with Crippen molar-refractivity contribution >= 4 is 29.3 Å². The Hall–Kier alpha value is -3.87. The molecule has 7 nitrogen and oxygen atoms in total. The summed E-state index contributed by atoms with van der Waals surface area (Å²) in [4.78, 5) is 15.8. The van der Waals surface area contributed by atoms with Gasteiger partial charge in [-0.25, -0.2) is 10.2 Å². The highest BCUT2D eigenvalue weighted by molar-refractivity contribution is 5.90. The first-order chi connectivity index (χ1) is 12.8. The van der Waals surface area contributed by atoms with Crippen LogP contribution in [-0.2, 0) is 0 Å². The Kier molecular flexibility index (Phi) is 5.77. The second-order valence-corrected chi connectivity index (χ2v) is 5.19. The zero-order valence-corrected chi connectivity index (χ0v) is 13.8. The standard InChI is InChI=1S/C19H16N6O/c26-19(25-21-14-15-5-4-12-20-13-15)22-16-8-10-18(11-9-16)24-23-17-6-2-1-3-7-17/h1-14H,(H2,22,25,26)/b21-14+,24-23?. The molecule has 0 aliphatic heterocycles. The number of carbonyl (C=O) groups is 1. The molecule has 26 heavy (non-hydrogen) atoms. The lowest BCUT2D eigenvalue weighted by Gasteiger charge is -2.04. The minimum atomic E-state index is -0.441. The Balaban J connectivity index is 1.51. The average Bonchev–Trinajstić information content (AvgIpc) is 2.69. The third-order valence-electron chi connectivity index (χ3n) is 3.23. The lowest BCUT2D eigenvalue weighted by Crippen LogP contribution is -2.24. The topological polar surface area (TPSA) is 91.1 Å². The number of azo groups is 1. The molecule has 0 aliphatic rings. The van der Waals surface area contributed by atoms with Crippen molar-refractivity contribution in [3.63, 3.8) is 0 Å². The van der Waals surface area contributed by atoms with E-state index in [1.807, 2.05) is 36.4 Å². The van der Waals surface area contributed by atoms with Crippen molar-refractivity contribution in [1.82, 2.24) is 10.4 Å². The van der Waals surface area contributed by atoms with Crippen molar-refractivity contribution in [2.24, 2.45) is 15.3 Å². The van der Waals surface area contributed by atoms with Gasteiger partial charge >= 0.3 is 6.03 Å². The lowest BCUT2D eigenvalue weighted by molar-refractivity contribution is 0.252. The maximum atomic E-state index is 11.8. The van der Waals surface area contributed by atoms with E-state index in [1.165, 1.54) is 6.21 Å². The van der Waals surface area contributed by atoms with Crippen LogP contribution in [-0.4, -0.2) is 17.2 Å². The molecule has 2 N–H and O–H groups in total.